The van der Waals surface area contributed by atoms with Crippen molar-refractivity contribution in [2.24, 2.45) is 0 Å². The van der Waals surface area contributed by atoms with Gasteiger partial charge in [-0.15, -0.1) is 0 Å². The Morgan fingerprint density at radius 2 is 1.44 bits per heavy atom. The summed E-state index contributed by atoms with van der Waals surface area (Å²) in [6, 6.07) is 15.9. The Kier molecular flexibility index (Phi) is 6.95. The van der Waals surface area contributed by atoms with E-state index in [4.69, 9.17) is 9.84 Å². The van der Waals surface area contributed by atoms with E-state index >= 15 is 0 Å². The van der Waals surface area contributed by atoms with Crippen LogP contribution in [0, 0.1) is 0 Å². The topological polar surface area (TPSA) is 75.6 Å². The number of alkyl halides is 3. The third kappa shape index (κ3) is 6.74. The van der Waals surface area contributed by atoms with Gasteiger partial charge >= 0.3 is 12.1 Å². The van der Waals surface area contributed by atoms with E-state index in [9.17, 15) is 22.8 Å². The third-order valence-electron chi connectivity index (χ3n) is 3.65. The first-order valence-corrected chi connectivity index (χ1v) is 8.06. The molecule has 5 nitrogen and oxygen atoms in total. The van der Waals surface area contributed by atoms with E-state index in [1.54, 1.807) is 48.5 Å². The SMILES string of the molecule is O=C(COC(c1ccccc1)c1ccccc1)NC(CC(F)(F)F)C(=O)O. The maximum atomic E-state index is 12.4. The van der Waals surface area contributed by atoms with Crippen LogP contribution in [0.4, 0.5) is 13.2 Å². The van der Waals surface area contributed by atoms with Crippen molar-refractivity contribution in [3.8, 4) is 0 Å². The molecular formula is C19H18F3NO4. The number of rotatable bonds is 8. The zero-order valence-electron chi connectivity index (χ0n) is 14.1. The first-order chi connectivity index (χ1) is 12.8. The van der Waals surface area contributed by atoms with E-state index in [-0.39, 0.29) is 0 Å². The molecule has 0 saturated heterocycles. The van der Waals surface area contributed by atoms with Crippen LogP contribution in [-0.2, 0) is 14.3 Å². The molecule has 0 radical (unpaired) electrons. The van der Waals surface area contributed by atoms with E-state index in [0.717, 1.165) is 11.1 Å². The Labute approximate surface area is 153 Å². The molecule has 0 bridgehead atoms. The molecule has 0 aromatic heterocycles. The number of carbonyl (C=O) groups is 2. The number of aliphatic carboxylic acids is 1. The van der Waals surface area contributed by atoms with Gasteiger partial charge in [0.05, 0.1) is 6.42 Å². The Hall–Kier alpha value is -2.87. The van der Waals surface area contributed by atoms with Gasteiger partial charge in [-0.1, -0.05) is 60.7 Å². The van der Waals surface area contributed by atoms with Crippen LogP contribution in [0.3, 0.4) is 0 Å². The molecule has 144 valence electrons. The quantitative estimate of drug-likeness (QED) is 0.736. The molecule has 2 rings (SSSR count). The van der Waals surface area contributed by atoms with E-state index in [1.165, 1.54) is 0 Å². The highest BCUT2D eigenvalue weighted by Gasteiger charge is 2.36. The number of ether oxygens (including phenoxy) is 1. The number of carbonyl (C=O) groups excluding carboxylic acids is 1. The summed E-state index contributed by atoms with van der Waals surface area (Å²) in [6.07, 6.45) is -6.99. The third-order valence-corrected chi connectivity index (χ3v) is 3.65. The largest absolute Gasteiger partial charge is 0.480 e. The number of halogens is 3. The lowest BCUT2D eigenvalue weighted by Crippen LogP contribution is -2.45. The maximum absolute atomic E-state index is 12.4. The summed E-state index contributed by atoms with van der Waals surface area (Å²) in [7, 11) is 0. The van der Waals surface area contributed by atoms with Crippen molar-refractivity contribution in [2.75, 3.05) is 6.61 Å². The zero-order valence-corrected chi connectivity index (χ0v) is 14.1. The standard InChI is InChI=1S/C19H18F3NO4/c20-19(21,22)11-15(18(25)26)23-16(24)12-27-17(13-7-3-1-4-8-13)14-9-5-2-6-10-14/h1-10,15,17H,11-12H2,(H,23,24)(H,25,26). The van der Waals surface area contributed by atoms with Gasteiger partial charge in [-0.3, -0.25) is 4.79 Å². The Bertz CT molecular complexity index is 711. The molecule has 0 heterocycles. The number of hydrogen-bond acceptors (Lipinski definition) is 3. The lowest BCUT2D eigenvalue weighted by atomic mass is 10.0. The van der Waals surface area contributed by atoms with Crippen molar-refractivity contribution in [1.29, 1.82) is 0 Å². The lowest BCUT2D eigenvalue weighted by Gasteiger charge is -2.20. The zero-order chi connectivity index (χ0) is 19.9. The molecule has 1 atom stereocenters. The predicted molar refractivity (Wildman–Crippen MR) is 90.9 cm³/mol. The fraction of sp³-hybridized carbons (Fsp3) is 0.263. The van der Waals surface area contributed by atoms with Gasteiger partial charge in [-0.25, -0.2) is 4.79 Å². The van der Waals surface area contributed by atoms with Gasteiger partial charge in [0.25, 0.3) is 0 Å². The first kappa shape index (κ1) is 20.4. The van der Waals surface area contributed by atoms with Gasteiger partial charge in [-0.2, -0.15) is 13.2 Å². The summed E-state index contributed by atoms with van der Waals surface area (Å²) in [4.78, 5) is 22.9. The van der Waals surface area contributed by atoms with Crippen LogP contribution in [0.15, 0.2) is 60.7 Å². The smallest absolute Gasteiger partial charge is 0.391 e. The normalized spacial score (nSPS) is 12.6. The first-order valence-electron chi connectivity index (χ1n) is 8.06. The molecule has 0 aliphatic carbocycles. The van der Waals surface area contributed by atoms with Crippen molar-refractivity contribution in [3.05, 3.63) is 71.8 Å². The number of nitrogens with one attached hydrogen (secondary N) is 1. The summed E-state index contributed by atoms with van der Waals surface area (Å²) < 4.78 is 42.9. The fourth-order valence-corrected chi connectivity index (χ4v) is 2.47. The van der Waals surface area contributed by atoms with Gasteiger partial charge in [0.1, 0.15) is 18.8 Å². The van der Waals surface area contributed by atoms with Crippen molar-refractivity contribution in [1.82, 2.24) is 5.32 Å². The van der Waals surface area contributed by atoms with Gasteiger partial charge < -0.3 is 15.2 Å². The van der Waals surface area contributed by atoms with Crippen LogP contribution in [0.25, 0.3) is 0 Å². The van der Waals surface area contributed by atoms with Crippen molar-refractivity contribution in [3.63, 3.8) is 0 Å². The van der Waals surface area contributed by atoms with Crippen LogP contribution in [0.5, 0.6) is 0 Å². The second kappa shape index (κ2) is 9.18. The predicted octanol–water partition coefficient (Wildman–Crippen LogP) is 3.31. The van der Waals surface area contributed by atoms with Crippen molar-refractivity contribution >= 4 is 11.9 Å². The van der Waals surface area contributed by atoms with Crippen LogP contribution >= 0.6 is 0 Å². The molecule has 0 saturated carbocycles. The minimum atomic E-state index is -4.71. The number of hydrogen-bond donors (Lipinski definition) is 2. The molecule has 0 aliphatic heterocycles. The highest BCUT2D eigenvalue weighted by molar-refractivity contribution is 5.84. The van der Waals surface area contributed by atoms with Crippen molar-refractivity contribution in [2.45, 2.75) is 24.7 Å². The fourth-order valence-electron chi connectivity index (χ4n) is 2.47. The van der Waals surface area contributed by atoms with Crippen LogP contribution in [0.1, 0.15) is 23.7 Å². The minimum absolute atomic E-state index is 0.587. The summed E-state index contributed by atoms with van der Waals surface area (Å²) in [5, 5.41) is 10.7. The van der Waals surface area contributed by atoms with E-state index in [1.807, 2.05) is 17.4 Å². The van der Waals surface area contributed by atoms with Crippen molar-refractivity contribution < 1.29 is 32.6 Å². The second-order valence-electron chi connectivity index (χ2n) is 5.79. The average molecular weight is 381 g/mol. The van der Waals surface area contributed by atoms with Crippen LogP contribution in [0.2, 0.25) is 0 Å². The van der Waals surface area contributed by atoms with Gasteiger partial charge in [0, 0.05) is 0 Å². The molecule has 27 heavy (non-hydrogen) atoms. The summed E-state index contributed by atoms with van der Waals surface area (Å²) in [5.41, 5.74) is 1.50. The molecular weight excluding hydrogens is 363 g/mol. The van der Waals surface area contributed by atoms with Gasteiger partial charge in [-0.05, 0) is 11.1 Å². The summed E-state index contributed by atoms with van der Waals surface area (Å²) in [6.45, 7) is -0.587. The number of amides is 1. The highest BCUT2D eigenvalue weighted by atomic mass is 19.4. The number of carboxylic acids is 1. The highest BCUT2D eigenvalue weighted by Crippen LogP contribution is 2.26. The number of benzene rings is 2. The molecule has 0 spiro atoms. The summed E-state index contributed by atoms with van der Waals surface area (Å²) in [5.74, 6) is -2.70. The average Bonchev–Trinajstić information content (AvgIpc) is 2.62. The molecule has 2 aromatic carbocycles. The Balaban J connectivity index is 2.06. The molecule has 2 N–H and O–H groups in total. The van der Waals surface area contributed by atoms with Gasteiger partial charge in [0.15, 0.2) is 0 Å². The van der Waals surface area contributed by atoms with Crippen LogP contribution in [-0.4, -0.2) is 35.8 Å². The molecule has 1 unspecified atom stereocenters. The second-order valence-corrected chi connectivity index (χ2v) is 5.79. The Morgan fingerprint density at radius 3 is 1.85 bits per heavy atom. The summed E-state index contributed by atoms with van der Waals surface area (Å²) >= 11 is 0. The number of carboxylic acid groups (broad SMARTS) is 1. The van der Waals surface area contributed by atoms with E-state index in [0.29, 0.717) is 0 Å². The van der Waals surface area contributed by atoms with Crippen LogP contribution < -0.4 is 5.32 Å². The Morgan fingerprint density at radius 1 is 0.963 bits per heavy atom. The molecule has 0 aliphatic rings. The molecule has 0 fully saturated rings. The van der Waals surface area contributed by atoms with Gasteiger partial charge in [0.2, 0.25) is 5.91 Å². The molecule has 2 aromatic rings. The molecule has 8 heteroatoms. The lowest BCUT2D eigenvalue weighted by molar-refractivity contribution is -0.160. The molecule has 1 amide bonds. The van der Waals surface area contributed by atoms with E-state index in [2.05, 4.69) is 0 Å². The maximum Gasteiger partial charge on any atom is 0.391 e. The minimum Gasteiger partial charge on any atom is -0.480 e. The monoisotopic (exact) mass is 381 g/mol. The van der Waals surface area contributed by atoms with E-state index < -0.39 is 43.2 Å².